The van der Waals surface area contributed by atoms with Crippen molar-refractivity contribution < 1.29 is 9.84 Å². The van der Waals surface area contributed by atoms with E-state index in [0.717, 1.165) is 37.4 Å². The second-order valence-corrected chi connectivity index (χ2v) is 8.54. The minimum atomic E-state index is -0.487. The zero-order chi connectivity index (χ0) is 22.2. The molecular weight excluding hydrogens is 398 g/mol. The predicted molar refractivity (Wildman–Crippen MR) is 127 cm³/mol. The molecule has 1 unspecified atom stereocenters. The third-order valence-corrected chi connectivity index (χ3v) is 6.02. The van der Waals surface area contributed by atoms with Crippen molar-refractivity contribution >= 4 is 0 Å². The number of ether oxygens (including phenoxy) is 1. The van der Waals surface area contributed by atoms with Crippen LogP contribution < -0.4 is 0 Å². The molecule has 32 heavy (non-hydrogen) atoms. The molecule has 0 saturated carbocycles. The maximum Gasteiger partial charge on any atom is 0.0900 e. The summed E-state index contributed by atoms with van der Waals surface area (Å²) in [6.07, 6.45) is 1.34. The molecule has 1 N–H and O–H groups in total. The smallest absolute Gasteiger partial charge is 0.0900 e. The van der Waals surface area contributed by atoms with Gasteiger partial charge in [0.25, 0.3) is 0 Å². The number of nitrogens with zero attached hydrogens (tertiary/aromatic N) is 3. The van der Waals surface area contributed by atoms with Crippen molar-refractivity contribution in [1.29, 1.82) is 0 Å². The summed E-state index contributed by atoms with van der Waals surface area (Å²) in [5.41, 5.74) is 4.68. The van der Waals surface area contributed by atoms with Crippen LogP contribution in [0.15, 0.2) is 79.0 Å². The van der Waals surface area contributed by atoms with Gasteiger partial charge in [0.05, 0.1) is 25.4 Å². The highest BCUT2D eigenvalue weighted by molar-refractivity contribution is 5.32. The number of pyridine rings is 1. The Bertz CT molecular complexity index is 887. The molecule has 1 aromatic heterocycles. The highest BCUT2D eigenvalue weighted by Gasteiger charge is 2.27. The lowest BCUT2D eigenvalue weighted by Crippen LogP contribution is -2.50. The summed E-state index contributed by atoms with van der Waals surface area (Å²) < 4.78 is 5.71. The fourth-order valence-electron chi connectivity index (χ4n) is 4.34. The van der Waals surface area contributed by atoms with Crippen molar-refractivity contribution in [2.24, 2.45) is 0 Å². The molecule has 5 nitrogen and oxygen atoms in total. The Kier molecular flexibility index (Phi) is 8.02. The van der Waals surface area contributed by atoms with Crippen LogP contribution in [0.4, 0.5) is 0 Å². The molecule has 1 aliphatic heterocycles. The summed E-state index contributed by atoms with van der Waals surface area (Å²) in [7, 11) is 0. The van der Waals surface area contributed by atoms with Crippen molar-refractivity contribution in [1.82, 2.24) is 14.8 Å². The van der Waals surface area contributed by atoms with E-state index in [1.165, 1.54) is 11.1 Å². The summed E-state index contributed by atoms with van der Waals surface area (Å²) in [5, 5.41) is 10.5. The largest absolute Gasteiger partial charge is 0.389 e. The van der Waals surface area contributed by atoms with Gasteiger partial charge in [-0.3, -0.25) is 14.8 Å². The van der Waals surface area contributed by atoms with E-state index < -0.39 is 6.10 Å². The van der Waals surface area contributed by atoms with E-state index in [9.17, 15) is 5.11 Å². The average molecular weight is 432 g/mol. The first kappa shape index (κ1) is 22.6. The van der Waals surface area contributed by atoms with E-state index in [1.54, 1.807) is 0 Å². The van der Waals surface area contributed by atoms with E-state index in [-0.39, 0.29) is 6.04 Å². The lowest BCUT2D eigenvalue weighted by Gasteiger charge is -2.40. The van der Waals surface area contributed by atoms with Crippen LogP contribution >= 0.6 is 0 Å². The number of benzene rings is 2. The second-order valence-electron chi connectivity index (χ2n) is 8.54. The van der Waals surface area contributed by atoms with Crippen LogP contribution in [0.3, 0.4) is 0 Å². The maximum atomic E-state index is 10.5. The van der Waals surface area contributed by atoms with Crippen LogP contribution in [0.5, 0.6) is 0 Å². The van der Waals surface area contributed by atoms with Crippen molar-refractivity contribution in [2.75, 3.05) is 39.3 Å². The molecule has 0 amide bonds. The van der Waals surface area contributed by atoms with Gasteiger partial charge in [0.1, 0.15) is 0 Å². The van der Waals surface area contributed by atoms with Crippen molar-refractivity contribution in [3.05, 3.63) is 101 Å². The summed E-state index contributed by atoms with van der Waals surface area (Å²) in [4.78, 5) is 9.17. The number of aliphatic hydroxyl groups is 1. The number of hydrogen-bond donors (Lipinski definition) is 1. The summed E-state index contributed by atoms with van der Waals surface area (Å²) in [6, 6.07) is 25.7. The third-order valence-electron chi connectivity index (χ3n) is 6.02. The lowest BCUT2D eigenvalue weighted by molar-refractivity contribution is -0.000768. The Hall–Kier alpha value is -2.57. The minimum Gasteiger partial charge on any atom is -0.389 e. The first-order valence-electron chi connectivity index (χ1n) is 11.4. The molecule has 1 aliphatic rings. The van der Waals surface area contributed by atoms with Gasteiger partial charge in [-0.05, 0) is 29.7 Å². The van der Waals surface area contributed by atoms with Gasteiger partial charge in [0.2, 0.25) is 0 Å². The third kappa shape index (κ3) is 6.24. The predicted octanol–water partition coefficient (Wildman–Crippen LogP) is 3.67. The Balaban J connectivity index is 1.27. The minimum absolute atomic E-state index is 0.260. The van der Waals surface area contributed by atoms with Gasteiger partial charge < -0.3 is 9.84 Å². The molecule has 0 bridgehead atoms. The van der Waals surface area contributed by atoms with Crippen LogP contribution in [-0.4, -0.2) is 65.3 Å². The monoisotopic (exact) mass is 431 g/mol. The van der Waals surface area contributed by atoms with E-state index in [4.69, 9.17) is 4.74 Å². The molecule has 0 radical (unpaired) electrons. The van der Waals surface area contributed by atoms with Gasteiger partial charge >= 0.3 is 0 Å². The first-order valence-corrected chi connectivity index (χ1v) is 11.4. The van der Waals surface area contributed by atoms with Crippen LogP contribution in [0.2, 0.25) is 0 Å². The highest BCUT2D eigenvalue weighted by Crippen LogP contribution is 2.29. The molecule has 1 saturated heterocycles. The fourth-order valence-corrected chi connectivity index (χ4v) is 4.34. The number of piperazine rings is 1. The second kappa shape index (κ2) is 11.3. The van der Waals surface area contributed by atoms with Gasteiger partial charge in [-0.15, -0.1) is 0 Å². The summed E-state index contributed by atoms with van der Waals surface area (Å²) in [5.74, 6) is 0. The quantitative estimate of drug-likeness (QED) is 0.560. The number of aliphatic hydroxyl groups excluding tert-OH is 1. The molecule has 4 rings (SSSR count). The van der Waals surface area contributed by atoms with Crippen LogP contribution in [0.25, 0.3) is 0 Å². The molecule has 3 aromatic rings. The molecule has 1 fully saturated rings. The maximum absolute atomic E-state index is 10.5. The topological polar surface area (TPSA) is 48.8 Å². The number of hydrogen-bond acceptors (Lipinski definition) is 5. The van der Waals surface area contributed by atoms with E-state index in [2.05, 4.69) is 75.4 Å². The SMILES string of the molecule is Cc1ccc(COCC(O)CN2CCN(C(c3ccccc3)c3ccccc3)CC2)cn1. The van der Waals surface area contributed by atoms with E-state index in [1.807, 2.05) is 25.3 Å². The Morgan fingerprint density at radius 1 is 0.875 bits per heavy atom. The number of aryl methyl sites for hydroxylation is 1. The van der Waals surface area contributed by atoms with Crippen molar-refractivity contribution in [2.45, 2.75) is 25.7 Å². The normalized spacial score (nSPS) is 16.3. The molecule has 168 valence electrons. The Morgan fingerprint density at radius 3 is 2.06 bits per heavy atom. The van der Waals surface area contributed by atoms with Gasteiger partial charge in [-0.2, -0.15) is 0 Å². The van der Waals surface area contributed by atoms with Gasteiger partial charge in [0, 0.05) is 44.6 Å². The van der Waals surface area contributed by atoms with Gasteiger partial charge in [0.15, 0.2) is 0 Å². The number of aromatic nitrogens is 1. The van der Waals surface area contributed by atoms with Crippen molar-refractivity contribution in [3.63, 3.8) is 0 Å². The van der Waals surface area contributed by atoms with E-state index in [0.29, 0.717) is 19.8 Å². The molecule has 1 atom stereocenters. The lowest BCUT2D eigenvalue weighted by atomic mass is 9.96. The Morgan fingerprint density at radius 2 is 1.50 bits per heavy atom. The molecule has 0 spiro atoms. The molecule has 2 heterocycles. The fraction of sp³-hybridized carbons (Fsp3) is 0.370. The summed E-state index contributed by atoms with van der Waals surface area (Å²) in [6.45, 7) is 7.24. The standard InChI is InChI=1S/C27H33N3O2/c1-22-12-13-23(18-28-22)20-32-21-26(31)19-29-14-16-30(17-15-29)27(24-8-4-2-5-9-24)25-10-6-3-7-11-25/h2-13,18,26-27,31H,14-17,19-21H2,1H3. The summed E-state index contributed by atoms with van der Waals surface area (Å²) >= 11 is 0. The van der Waals surface area contributed by atoms with Crippen LogP contribution in [0.1, 0.15) is 28.4 Å². The molecule has 2 aromatic carbocycles. The first-order chi connectivity index (χ1) is 15.7. The zero-order valence-electron chi connectivity index (χ0n) is 18.8. The molecule has 0 aliphatic carbocycles. The van der Waals surface area contributed by atoms with Gasteiger partial charge in [-0.25, -0.2) is 0 Å². The Labute approximate surface area is 191 Å². The number of rotatable bonds is 9. The number of β-amino-alcohol motifs (C(OH)–C–C–N with tert-alkyl or cyclic N) is 1. The van der Waals surface area contributed by atoms with Crippen molar-refractivity contribution in [3.8, 4) is 0 Å². The van der Waals surface area contributed by atoms with Gasteiger partial charge in [-0.1, -0.05) is 66.7 Å². The zero-order valence-corrected chi connectivity index (χ0v) is 18.8. The average Bonchev–Trinajstić information content (AvgIpc) is 2.83. The van der Waals surface area contributed by atoms with E-state index >= 15 is 0 Å². The van der Waals surface area contributed by atoms with Crippen LogP contribution in [-0.2, 0) is 11.3 Å². The highest BCUT2D eigenvalue weighted by atomic mass is 16.5. The van der Waals surface area contributed by atoms with Crippen LogP contribution in [0, 0.1) is 6.92 Å². The molecular formula is C27H33N3O2. The molecule has 5 heteroatoms.